The maximum absolute atomic E-state index is 13.0. The van der Waals surface area contributed by atoms with E-state index in [0.29, 0.717) is 13.0 Å². The molecule has 0 aliphatic heterocycles. The second-order valence-electron chi connectivity index (χ2n) is 4.56. The molecule has 1 N–H and O–H groups in total. The lowest BCUT2D eigenvalue weighted by Gasteiger charge is -2.08. The minimum Gasteiger partial charge on any atom is -0.211 e. The highest BCUT2D eigenvalue weighted by atomic mass is 79.9. The lowest BCUT2D eigenvalue weighted by molar-refractivity contribution is 0.577. The van der Waals surface area contributed by atoms with Crippen molar-refractivity contribution in [2.75, 3.05) is 6.54 Å². The second kappa shape index (κ2) is 7.15. The molecule has 2 aromatic carbocycles. The van der Waals surface area contributed by atoms with Crippen molar-refractivity contribution >= 4 is 26.0 Å². The van der Waals surface area contributed by atoms with Crippen LogP contribution in [-0.2, 0) is 16.4 Å². The molecule has 0 aromatic heterocycles. The summed E-state index contributed by atoms with van der Waals surface area (Å²) in [7, 11) is -3.63. The van der Waals surface area contributed by atoms with Crippen molar-refractivity contribution in [1.29, 1.82) is 0 Å². The topological polar surface area (TPSA) is 46.2 Å². The Balaban J connectivity index is 1.92. The van der Waals surface area contributed by atoms with Crippen LogP contribution in [0.2, 0.25) is 0 Å². The first-order chi connectivity index (χ1) is 9.99. The molecule has 6 heteroatoms. The highest BCUT2D eigenvalue weighted by molar-refractivity contribution is 9.10. The van der Waals surface area contributed by atoms with E-state index in [4.69, 9.17) is 0 Å². The Morgan fingerprint density at radius 3 is 2.48 bits per heavy atom. The molecule has 0 heterocycles. The first-order valence-electron chi connectivity index (χ1n) is 6.48. The maximum atomic E-state index is 13.0. The van der Waals surface area contributed by atoms with Gasteiger partial charge in [-0.15, -0.1) is 0 Å². The van der Waals surface area contributed by atoms with E-state index in [9.17, 15) is 12.8 Å². The van der Waals surface area contributed by atoms with Crippen molar-refractivity contribution in [2.45, 2.75) is 17.7 Å². The summed E-state index contributed by atoms with van der Waals surface area (Å²) < 4.78 is 40.0. The molecule has 2 rings (SSSR count). The molecule has 0 unspecified atom stereocenters. The minimum absolute atomic E-state index is 0.0450. The molecular weight excluding hydrogens is 357 g/mol. The third-order valence-corrected chi connectivity index (χ3v) is 5.40. The first-order valence-corrected chi connectivity index (χ1v) is 8.75. The summed E-state index contributed by atoms with van der Waals surface area (Å²) in [4.78, 5) is 0.0450. The quantitative estimate of drug-likeness (QED) is 0.789. The molecule has 0 spiro atoms. The summed E-state index contributed by atoms with van der Waals surface area (Å²) in [5, 5.41) is 0. The van der Waals surface area contributed by atoms with Gasteiger partial charge in [0.2, 0.25) is 10.0 Å². The Bertz CT molecular complexity index is 705. The molecule has 0 fully saturated rings. The van der Waals surface area contributed by atoms with Crippen LogP contribution < -0.4 is 4.72 Å². The standard InChI is InChI=1S/C15H15BrFNO2S/c16-14-11-13(17)8-9-15(14)21(19,20)18-10-4-7-12-5-2-1-3-6-12/h1-3,5-6,8-9,11,18H,4,7,10H2. The highest BCUT2D eigenvalue weighted by Gasteiger charge is 2.17. The SMILES string of the molecule is O=S(=O)(NCCCc1ccccc1)c1ccc(F)cc1Br. The molecule has 0 bridgehead atoms. The van der Waals surface area contributed by atoms with E-state index in [-0.39, 0.29) is 9.37 Å². The van der Waals surface area contributed by atoms with Crippen molar-refractivity contribution < 1.29 is 12.8 Å². The van der Waals surface area contributed by atoms with Crippen molar-refractivity contribution in [2.24, 2.45) is 0 Å². The van der Waals surface area contributed by atoms with Gasteiger partial charge in [-0.2, -0.15) is 0 Å². The van der Waals surface area contributed by atoms with Gasteiger partial charge in [0.1, 0.15) is 5.82 Å². The summed E-state index contributed by atoms with van der Waals surface area (Å²) in [6, 6.07) is 13.4. The van der Waals surface area contributed by atoms with Gasteiger partial charge in [0.05, 0.1) is 4.90 Å². The highest BCUT2D eigenvalue weighted by Crippen LogP contribution is 2.22. The normalized spacial score (nSPS) is 11.5. The number of halogens is 2. The number of sulfonamides is 1. The average molecular weight is 372 g/mol. The van der Waals surface area contributed by atoms with Crippen LogP contribution in [0.5, 0.6) is 0 Å². The summed E-state index contributed by atoms with van der Waals surface area (Å²) in [6.45, 7) is 0.334. The van der Waals surface area contributed by atoms with Crippen LogP contribution in [0.15, 0.2) is 57.9 Å². The van der Waals surface area contributed by atoms with Gasteiger partial charge >= 0.3 is 0 Å². The van der Waals surface area contributed by atoms with Crippen molar-refractivity contribution in [3.05, 3.63) is 64.4 Å². The molecule has 0 atom stereocenters. The second-order valence-corrected chi connectivity index (χ2v) is 7.15. The van der Waals surface area contributed by atoms with E-state index in [1.807, 2.05) is 30.3 Å². The number of nitrogens with one attached hydrogen (secondary N) is 1. The smallest absolute Gasteiger partial charge is 0.211 e. The van der Waals surface area contributed by atoms with E-state index >= 15 is 0 Å². The van der Waals surface area contributed by atoms with Crippen LogP contribution in [0.3, 0.4) is 0 Å². The number of hydrogen-bond donors (Lipinski definition) is 1. The third kappa shape index (κ3) is 4.62. The summed E-state index contributed by atoms with van der Waals surface area (Å²) in [6.07, 6.45) is 1.50. The van der Waals surface area contributed by atoms with E-state index in [1.165, 1.54) is 11.6 Å². The van der Waals surface area contributed by atoms with Crippen LogP contribution in [0.4, 0.5) is 4.39 Å². The van der Waals surface area contributed by atoms with Crippen molar-refractivity contribution in [3.63, 3.8) is 0 Å². The monoisotopic (exact) mass is 371 g/mol. The van der Waals surface area contributed by atoms with Crippen molar-refractivity contribution in [3.8, 4) is 0 Å². The van der Waals surface area contributed by atoms with Crippen LogP contribution in [0.25, 0.3) is 0 Å². The van der Waals surface area contributed by atoms with Gasteiger partial charge in [0, 0.05) is 11.0 Å². The van der Waals surface area contributed by atoms with E-state index in [0.717, 1.165) is 18.6 Å². The summed E-state index contributed by atoms with van der Waals surface area (Å²) >= 11 is 3.07. The fourth-order valence-corrected chi connectivity index (χ4v) is 4.04. The van der Waals surface area contributed by atoms with Gasteiger partial charge < -0.3 is 0 Å². The van der Waals surface area contributed by atoms with Gasteiger partial charge in [-0.1, -0.05) is 30.3 Å². The van der Waals surface area contributed by atoms with Crippen LogP contribution in [-0.4, -0.2) is 15.0 Å². The summed E-state index contributed by atoms with van der Waals surface area (Å²) in [5.41, 5.74) is 1.17. The molecule has 3 nitrogen and oxygen atoms in total. The van der Waals surface area contributed by atoms with E-state index in [1.54, 1.807) is 0 Å². The largest absolute Gasteiger partial charge is 0.241 e. The van der Waals surface area contributed by atoms with E-state index in [2.05, 4.69) is 20.7 Å². The Hall–Kier alpha value is -1.24. The molecular formula is C15H15BrFNO2S. The summed E-state index contributed by atoms with van der Waals surface area (Å²) in [5.74, 6) is -0.482. The third-order valence-electron chi connectivity index (χ3n) is 2.96. The molecule has 2 aromatic rings. The van der Waals surface area contributed by atoms with Gasteiger partial charge in [-0.25, -0.2) is 17.5 Å². The van der Waals surface area contributed by atoms with Gasteiger partial charge in [-0.3, -0.25) is 0 Å². The van der Waals surface area contributed by atoms with Gasteiger partial charge in [-0.05, 0) is 52.5 Å². The molecule has 0 radical (unpaired) electrons. The Labute approximate surface area is 132 Å². The van der Waals surface area contributed by atoms with Gasteiger partial charge in [0.25, 0.3) is 0 Å². The first kappa shape index (κ1) is 16.1. The molecule has 112 valence electrons. The minimum atomic E-state index is -3.63. The Kier molecular flexibility index (Phi) is 5.50. The zero-order chi connectivity index (χ0) is 15.3. The number of hydrogen-bond acceptors (Lipinski definition) is 2. The number of aryl methyl sites for hydroxylation is 1. The lowest BCUT2D eigenvalue weighted by Crippen LogP contribution is -2.25. The lowest BCUT2D eigenvalue weighted by atomic mass is 10.1. The van der Waals surface area contributed by atoms with Crippen LogP contribution in [0, 0.1) is 5.82 Å². The molecule has 21 heavy (non-hydrogen) atoms. The maximum Gasteiger partial charge on any atom is 0.241 e. The zero-order valence-corrected chi connectivity index (χ0v) is 13.6. The van der Waals surface area contributed by atoms with Crippen LogP contribution >= 0.6 is 15.9 Å². The van der Waals surface area contributed by atoms with Crippen LogP contribution in [0.1, 0.15) is 12.0 Å². The fraction of sp³-hybridized carbons (Fsp3) is 0.200. The van der Waals surface area contributed by atoms with Crippen molar-refractivity contribution in [1.82, 2.24) is 4.72 Å². The zero-order valence-electron chi connectivity index (χ0n) is 11.2. The van der Waals surface area contributed by atoms with E-state index < -0.39 is 15.8 Å². The molecule has 0 amide bonds. The predicted octanol–water partition coefficient (Wildman–Crippen LogP) is 3.50. The Morgan fingerprint density at radius 2 is 1.81 bits per heavy atom. The predicted molar refractivity (Wildman–Crippen MR) is 84.1 cm³/mol. The molecule has 0 aliphatic rings. The van der Waals surface area contributed by atoms with Gasteiger partial charge in [0.15, 0.2) is 0 Å². The molecule has 0 saturated carbocycles. The molecule has 0 aliphatic carbocycles. The average Bonchev–Trinajstić information content (AvgIpc) is 2.44. The number of benzene rings is 2. The number of rotatable bonds is 6. The fourth-order valence-electron chi connectivity index (χ4n) is 1.91. The molecule has 0 saturated heterocycles. The Morgan fingerprint density at radius 1 is 1.10 bits per heavy atom.